The third kappa shape index (κ3) is 2.83. The summed E-state index contributed by atoms with van der Waals surface area (Å²) in [5.41, 5.74) is 7.37. The molecular weight excluding hydrogens is 252 g/mol. The molecule has 2 unspecified atom stereocenters. The average Bonchev–Trinajstić information content (AvgIpc) is 2.48. The Morgan fingerprint density at radius 3 is 3.00 bits per heavy atom. The molecule has 2 N–H and O–H groups in total. The summed E-state index contributed by atoms with van der Waals surface area (Å²) in [7, 11) is 0. The van der Waals surface area contributed by atoms with E-state index in [2.05, 4.69) is 29.2 Å². The van der Waals surface area contributed by atoms with Gasteiger partial charge < -0.3 is 5.73 Å². The Morgan fingerprint density at radius 2 is 2.11 bits per heavy atom. The second kappa shape index (κ2) is 6.29. The molecule has 0 saturated carbocycles. The first-order valence-corrected chi connectivity index (χ1v) is 8.56. The first-order valence-electron chi connectivity index (χ1n) is 7.57. The second-order valence-corrected chi connectivity index (χ2v) is 6.79. The molecule has 2 aliphatic rings. The van der Waals surface area contributed by atoms with Crippen molar-refractivity contribution in [3.05, 3.63) is 29.8 Å². The Balaban J connectivity index is 1.84. The van der Waals surface area contributed by atoms with Crippen LogP contribution in [0.5, 0.6) is 0 Å². The third-order valence-corrected chi connectivity index (χ3v) is 5.62. The van der Waals surface area contributed by atoms with Gasteiger partial charge in [-0.15, -0.1) is 11.8 Å². The number of nitrogens with zero attached hydrogens (tertiary/aromatic N) is 1. The van der Waals surface area contributed by atoms with Gasteiger partial charge in [0.25, 0.3) is 0 Å². The van der Waals surface area contributed by atoms with Gasteiger partial charge in [0, 0.05) is 17.0 Å². The van der Waals surface area contributed by atoms with E-state index >= 15 is 0 Å². The largest absolute Gasteiger partial charge is 0.330 e. The van der Waals surface area contributed by atoms with E-state index in [9.17, 15) is 0 Å². The summed E-state index contributed by atoms with van der Waals surface area (Å²) in [6.07, 6.45) is 6.52. The van der Waals surface area contributed by atoms with Gasteiger partial charge in [-0.3, -0.25) is 4.90 Å². The summed E-state index contributed by atoms with van der Waals surface area (Å²) in [6, 6.07) is 10.3. The molecule has 1 fully saturated rings. The quantitative estimate of drug-likeness (QED) is 0.917. The number of nitrogens with two attached hydrogens (primary N) is 1. The summed E-state index contributed by atoms with van der Waals surface area (Å²) in [6.45, 7) is 2.08. The monoisotopic (exact) mass is 276 g/mol. The molecule has 2 aliphatic heterocycles. The molecule has 2 atom stereocenters. The van der Waals surface area contributed by atoms with Gasteiger partial charge in [-0.1, -0.05) is 24.6 Å². The second-order valence-electron chi connectivity index (χ2n) is 5.66. The van der Waals surface area contributed by atoms with E-state index in [1.807, 2.05) is 11.8 Å². The van der Waals surface area contributed by atoms with Crippen molar-refractivity contribution in [2.45, 2.75) is 49.1 Å². The number of rotatable bonds is 3. The van der Waals surface area contributed by atoms with E-state index in [1.54, 1.807) is 5.56 Å². The predicted molar refractivity (Wildman–Crippen MR) is 82.5 cm³/mol. The van der Waals surface area contributed by atoms with Crippen LogP contribution < -0.4 is 5.73 Å². The molecule has 19 heavy (non-hydrogen) atoms. The lowest BCUT2D eigenvalue weighted by Crippen LogP contribution is -2.43. The van der Waals surface area contributed by atoms with Crippen LogP contribution in [0, 0.1) is 0 Å². The zero-order valence-corrected chi connectivity index (χ0v) is 12.4. The number of hydrogen-bond acceptors (Lipinski definition) is 3. The molecule has 3 heteroatoms. The molecule has 0 aromatic heterocycles. The lowest BCUT2D eigenvalue weighted by Gasteiger charge is -2.43. The van der Waals surface area contributed by atoms with Crippen molar-refractivity contribution in [3.63, 3.8) is 0 Å². The molecule has 2 nitrogen and oxygen atoms in total. The number of thioether (sulfide) groups is 1. The van der Waals surface area contributed by atoms with Crippen molar-refractivity contribution in [2.24, 2.45) is 5.73 Å². The van der Waals surface area contributed by atoms with Crippen LogP contribution >= 0.6 is 11.8 Å². The van der Waals surface area contributed by atoms with E-state index < -0.39 is 0 Å². The minimum absolute atomic E-state index is 0.634. The van der Waals surface area contributed by atoms with Crippen LogP contribution in [-0.4, -0.2) is 29.8 Å². The van der Waals surface area contributed by atoms with Crippen LogP contribution in [0.15, 0.2) is 29.2 Å². The van der Waals surface area contributed by atoms with E-state index in [1.165, 1.54) is 42.9 Å². The van der Waals surface area contributed by atoms with Gasteiger partial charge in [0.05, 0.1) is 0 Å². The van der Waals surface area contributed by atoms with Gasteiger partial charge in [0.15, 0.2) is 0 Å². The SMILES string of the molecule is NCCC1CCCCN1C1CCSc2ccccc21. The van der Waals surface area contributed by atoms with Gasteiger partial charge in [-0.2, -0.15) is 0 Å². The van der Waals surface area contributed by atoms with Gasteiger partial charge >= 0.3 is 0 Å². The Morgan fingerprint density at radius 1 is 1.21 bits per heavy atom. The van der Waals surface area contributed by atoms with Crippen LogP contribution in [0.3, 0.4) is 0 Å². The standard InChI is InChI=1S/C16H24N2S/c17-10-8-13-5-3-4-11-18(13)15-9-12-19-16-7-2-1-6-14(15)16/h1-2,6-7,13,15H,3-5,8-12,17H2. The molecule has 0 radical (unpaired) electrons. The Labute approximate surface area is 120 Å². The van der Waals surface area contributed by atoms with Crippen molar-refractivity contribution >= 4 is 11.8 Å². The molecule has 0 bridgehead atoms. The van der Waals surface area contributed by atoms with Crippen molar-refractivity contribution in [1.29, 1.82) is 0 Å². The van der Waals surface area contributed by atoms with Crippen molar-refractivity contribution < 1.29 is 0 Å². The van der Waals surface area contributed by atoms with Crippen molar-refractivity contribution in [2.75, 3.05) is 18.8 Å². The Kier molecular flexibility index (Phi) is 4.46. The maximum absolute atomic E-state index is 5.81. The van der Waals surface area contributed by atoms with Crippen molar-refractivity contribution in [3.8, 4) is 0 Å². The highest BCUT2D eigenvalue weighted by atomic mass is 32.2. The minimum atomic E-state index is 0.634. The van der Waals surface area contributed by atoms with Gasteiger partial charge in [0.2, 0.25) is 0 Å². The molecule has 3 rings (SSSR count). The Hall–Kier alpha value is -0.510. The maximum Gasteiger partial charge on any atom is 0.0370 e. The molecule has 1 aromatic carbocycles. The summed E-state index contributed by atoms with van der Waals surface area (Å²) >= 11 is 2.02. The molecule has 0 amide bonds. The number of hydrogen-bond donors (Lipinski definition) is 1. The first-order chi connectivity index (χ1) is 9.40. The Bertz CT molecular complexity index is 419. The highest BCUT2D eigenvalue weighted by Crippen LogP contribution is 2.41. The predicted octanol–water partition coefficient (Wildman–Crippen LogP) is 3.43. The molecule has 0 spiro atoms. The lowest BCUT2D eigenvalue weighted by atomic mass is 9.93. The fourth-order valence-electron chi connectivity index (χ4n) is 3.60. The molecule has 2 heterocycles. The molecule has 1 aromatic rings. The minimum Gasteiger partial charge on any atom is -0.330 e. The summed E-state index contributed by atoms with van der Waals surface area (Å²) < 4.78 is 0. The summed E-state index contributed by atoms with van der Waals surface area (Å²) in [5, 5.41) is 0. The van der Waals surface area contributed by atoms with Gasteiger partial charge in [-0.25, -0.2) is 0 Å². The van der Waals surface area contributed by atoms with Gasteiger partial charge in [-0.05, 0) is 56.2 Å². The van der Waals surface area contributed by atoms with Gasteiger partial charge in [0.1, 0.15) is 0 Å². The zero-order valence-electron chi connectivity index (χ0n) is 11.6. The normalized spacial score (nSPS) is 28.1. The number of piperidine rings is 1. The molecule has 1 saturated heterocycles. The zero-order chi connectivity index (χ0) is 13.1. The van der Waals surface area contributed by atoms with Crippen LogP contribution in [0.25, 0.3) is 0 Å². The third-order valence-electron chi connectivity index (χ3n) is 4.50. The van der Waals surface area contributed by atoms with Crippen LogP contribution in [0.1, 0.15) is 43.7 Å². The first kappa shape index (κ1) is 13.5. The summed E-state index contributed by atoms with van der Waals surface area (Å²) in [5.74, 6) is 1.26. The average molecular weight is 276 g/mol. The lowest BCUT2D eigenvalue weighted by molar-refractivity contribution is 0.0856. The molecule has 0 aliphatic carbocycles. The van der Waals surface area contributed by atoms with E-state index in [0.717, 1.165) is 13.0 Å². The van der Waals surface area contributed by atoms with E-state index in [4.69, 9.17) is 5.73 Å². The maximum atomic E-state index is 5.81. The van der Waals surface area contributed by atoms with Crippen LogP contribution in [0.2, 0.25) is 0 Å². The highest BCUT2D eigenvalue weighted by molar-refractivity contribution is 7.99. The fraction of sp³-hybridized carbons (Fsp3) is 0.625. The number of benzene rings is 1. The van der Waals surface area contributed by atoms with E-state index in [-0.39, 0.29) is 0 Å². The molecular formula is C16H24N2S. The van der Waals surface area contributed by atoms with Crippen molar-refractivity contribution in [1.82, 2.24) is 4.90 Å². The summed E-state index contributed by atoms with van der Waals surface area (Å²) in [4.78, 5) is 4.25. The topological polar surface area (TPSA) is 29.3 Å². The fourth-order valence-corrected chi connectivity index (χ4v) is 4.71. The van der Waals surface area contributed by atoms with Crippen LogP contribution in [-0.2, 0) is 0 Å². The number of fused-ring (bicyclic) bond motifs is 1. The smallest absolute Gasteiger partial charge is 0.0370 e. The highest BCUT2D eigenvalue weighted by Gasteiger charge is 2.32. The van der Waals surface area contributed by atoms with Crippen LogP contribution in [0.4, 0.5) is 0 Å². The van der Waals surface area contributed by atoms with E-state index in [0.29, 0.717) is 12.1 Å². The number of likely N-dealkylation sites (tertiary alicyclic amines) is 1. The molecule has 104 valence electrons.